The van der Waals surface area contributed by atoms with Gasteiger partial charge in [-0.2, -0.15) is 26.3 Å². The molecule has 0 radical (unpaired) electrons. The molecule has 2 aromatic carbocycles. The largest absolute Gasteiger partial charge is 0.420 e. The molecule has 202 valence electrons. The SMILES string of the molecule is CN(C(=O)Oc1c(/C(C=N)=C/NC2=CC=C(N)NN2)cc(C(F)(F)F)cc1C(F)(F)F)c1ccc(F)cc1. The van der Waals surface area contributed by atoms with Crippen LogP contribution in [0.25, 0.3) is 5.57 Å². The summed E-state index contributed by atoms with van der Waals surface area (Å²) in [4.78, 5) is 13.5. The predicted octanol–water partition coefficient (Wildman–Crippen LogP) is 4.83. The Balaban J connectivity index is 2.14. The minimum Gasteiger partial charge on any atom is -0.409 e. The Labute approximate surface area is 210 Å². The van der Waals surface area contributed by atoms with Gasteiger partial charge < -0.3 is 21.2 Å². The Morgan fingerprint density at radius 2 is 1.71 bits per heavy atom. The fourth-order valence-electron chi connectivity index (χ4n) is 3.09. The van der Waals surface area contributed by atoms with Crippen LogP contribution in [0.1, 0.15) is 16.7 Å². The number of ether oxygens (including phenoxy) is 1. The smallest absolute Gasteiger partial charge is 0.409 e. The fraction of sp³-hybridized carbons (Fsp3) is 0.130. The summed E-state index contributed by atoms with van der Waals surface area (Å²) in [7, 11) is 1.11. The maximum absolute atomic E-state index is 13.9. The van der Waals surface area contributed by atoms with E-state index in [0.717, 1.165) is 42.4 Å². The third kappa shape index (κ3) is 6.54. The number of rotatable bonds is 6. The Kier molecular flexibility index (Phi) is 7.88. The van der Waals surface area contributed by atoms with Crippen LogP contribution in [0.15, 0.2) is 66.4 Å². The molecule has 8 nitrogen and oxygen atoms in total. The van der Waals surface area contributed by atoms with E-state index in [9.17, 15) is 35.5 Å². The van der Waals surface area contributed by atoms with Gasteiger partial charge in [0.05, 0.1) is 11.1 Å². The molecule has 0 spiro atoms. The molecule has 2 aromatic rings. The summed E-state index contributed by atoms with van der Waals surface area (Å²) in [6.07, 6.45) is -7.80. The van der Waals surface area contributed by atoms with E-state index in [2.05, 4.69) is 16.2 Å². The van der Waals surface area contributed by atoms with Gasteiger partial charge in [0, 0.05) is 36.3 Å². The molecule has 0 bridgehead atoms. The normalized spacial score (nSPS) is 13.9. The Morgan fingerprint density at radius 3 is 2.24 bits per heavy atom. The van der Waals surface area contributed by atoms with E-state index >= 15 is 0 Å². The number of allylic oxidation sites excluding steroid dienone is 3. The highest BCUT2D eigenvalue weighted by atomic mass is 19.4. The van der Waals surface area contributed by atoms with Gasteiger partial charge in [-0.3, -0.25) is 15.8 Å². The topological polar surface area (TPSA) is 116 Å². The lowest BCUT2D eigenvalue weighted by molar-refractivity contribution is -0.143. The molecule has 0 saturated carbocycles. The number of amides is 1. The van der Waals surface area contributed by atoms with Gasteiger partial charge in [0.1, 0.15) is 17.5 Å². The van der Waals surface area contributed by atoms with Crippen molar-refractivity contribution in [1.29, 1.82) is 5.41 Å². The number of halogens is 7. The zero-order chi connectivity index (χ0) is 28.3. The molecule has 0 aliphatic carbocycles. The van der Waals surface area contributed by atoms with E-state index in [0.29, 0.717) is 12.3 Å². The summed E-state index contributed by atoms with van der Waals surface area (Å²) in [5.74, 6) is -1.52. The van der Waals surface area contributed by atoms with Crippen molar-refractivity contribution in [2.75, 3.05) is 11.9 Å². The quantitative estimate of drug-likeness (QED) is 0.263. The summed E-state index contributed by atoms with van der Waals surface area (Å²) in [6, 6.07) is 4.38. The van der Waals surface area contributed by atoms with Crippen LogP contribution in [0, 0.1) is 11.2 Å². The van der Waals surface area contributed by atoms with Gasteiger partial charge in [-0.15, -0.1) is 0 Å². The molecule has 1 heterocycles. The van der Waals surface area contributed by atoms with Crippen LogP contribution in [-0.2, 0) is 12.4 Å². The van der Waals surface area contributed by atoms with E-state index in [-0.39, 0.29) is 23.4 Å². The number of anilines is 1. The Hall–Kier alpha value is -4.69. The summed E-state index contributed by atoms with van der Waals surface area (Å²) in [5, 5.41) is 10.2. The summed E-state index contributed by atoms with van der Waals surface area (Å²) < 4.78 is 101. The first-order chi connectivity index (χ1) is 17.7. The molecule has 0 aromatic heterocycles. The van der Waals surface area contributed by atoms with Gasteiger partial charge in [-0.25, -0.2) is 9.18 Å². The number of carbonyl (C=O) groups excluding carboxylic acids is 1. The molecule has 0 unspecified atom stereocenters. The number of alkyl halides is 6. The Morgan fingerprint density at radius 1 is 1.05 bits per heavy atom. The standard InChI is InChI=1S/C23H19F7N6O2/c1-36(15-4-2-14(24)3-5-15)21(37)38-20-16(8-13(22(25,26)27)9-17(20)23(28,29)30)12(10-31)11-33-19-7-6-18(32)34-35-19/h2-11,31,33-35H,32H2,1H3/b12-11+,31-10?. The van der Waals surface area contributed by atoms with E-state index in [1.165, 1.54) is 12.2 Å². The van der Waals surface area contributed by atoms with Crippen molar-refractivity contribution in [3.63, 3.8) is 0 Å². The molecule has 0 fully saturated rings. The summed E-state index contributed by atoms with van der Waals surface area (Å²) in [5.41, 5.74) is 5.67. The van der Waals surface area contributed by atoms with Crippen LogP contribution in [0.3, 0.4) is 0 Å². The van der Waals surface area contributed by atoms with Crippen molar-refractivity contribution in [1.82, 2.24) is 16.2 Å². The zero-order valence-electron chi connectivity index (χ0n) is 19.3. The lowest BCUT2D eigenvalue weighted by Crippen LogP contribution is -2.39. The van der Waals surface area contributed by atoms with Gasteiger partial charge in [0.15, 0.2) is 5.75 Å². The van der Waals surface area contributed by atoms with Crippen LogP contribution < -0.4 is 31.5 Å². The third-order valence-corrected chi connectivity index (χ3v) is 5.02. The second-order valence-electron chi connectivity index (χ2n) is 7.64. The molecule has 1 amide bonds. The highest BCUT2D eigenvalue weighted by molar-refractivity contribution is 6.10. The third-order valence-electron chi connectivity index (χ3n) is 5.02. The molecule has 15 heteroatoms. The molecular weight excluding hydrogens is 525 g/mol. The Bertz CT molecular complexity index is 1320. The highest BCUT2D eigenvalue weighted by Crippen LogP contribution is 2.44. The maximum atomic E-state index is 13.9. The molecule has 38 heavy (non-hydrogen) atoms. The van der Waals surface area contributed by atoms with Crippen LogP contribution in [0.5, 0.6) is 5.75 Å². The average Bonchev–Trinajstić information content (AvgIpc) is 2.84. The molecule has 1 aliphatic heterocycles. The fourth-order valence-corrected chi connectivity index (χ4v) is 3.09. The summed E-state index contributed by atoms with van der Waals surface area (Å²) >= 11 is 0. The number of benzene rings is 2. The van der Waals surface area contributed by atoms with Gasteiger partial charge in [-0.1, -0.05) is 0 Å². The van der Waals surface area contributed by atoms with Crippen LogP contribution in [-0.4, -0.2) is 19.4 Å². The molecule has 0 saturated heterocycles. The zero-order valence-corrected chi connectivity index (χ0v) is 19.3. The van der Waals surface area contributed by atoms with Crippen LogP contribution >= 0.6 is 0 Å². The van der Waals surface area contributed by atoms with Crippen LogP contribution in [0.2, 0.25) is 0 Å². The predicted molar refractivity (Wildman–Crippen MR) is 124 cm³/mol. The minimum atomic E-state index is -5.39. The molecule has 3 rings (SSSR count). The molecule has 1 aliphatic rings. The van der Waals surface area contributed by atoms with Crippen molar-refractivity contribution in [2.45, 2.75) is 12.4 Å². The van der Waals surface area contributed by atoms with Crippen molar-refractivity contribution in [2.24, 2.45) is 5.73 Å². The van der Waals surface area contributed by atoms with Crippen molar-refractivity contribution < 1.29 is 40.3 Å². The lowest BCUT2D eigenvalue weighted by Gasteiger charge is -2.23. The first-order valence-corrected chi connectivity index (χ1v) is 10.4. The van der Waals surface area contributed by atoms with Crippen molar-refractivity contribution in [3.8, 4) is 5.75 Å². The van der Waals surface area contributed by atoms with Crippen molar-refractivity contribution in [3.05, 3.63) is 88.9 Å². The highest BCUT2D eigenvalue weighted by Gasteiger charge is 2.41. The first-order valence-electron chi connectivity index (χ1n) is 10.4. The van der Waals surface area contributed by atoms with Gasteiger partial charge >= 0.3 is 18.4 Å². The second kappa shape index (κ2) is 10.7. The number of nitrogens with one attached hydrogen (secondary N) is 4. The van der Waals surface area contributed by atoms with Crippen LogP contribution in [0.4, 0.5) is 41.2 Å². The molecule has 6 N–H and O–H groups in total. The van der Waals surface area contributed by atoms with Gasteiger partial charge in [0.25, 0.3) is 0 Å². The number of hydrogen-bond acceptors (Lipinski definition) is 7. The van der Waals surface area contributed by atoms with E-state index in [1.54, 1.807) is 0 Å². The van der Waals surface area contributed by atoms with E-state index < -0.39 is 52.3 Å². The first kappa shape index (κ1) is 27.9. The number of nitrogens with zero attached hydrogens (tertiary/aromatic N) is 1. The monoisotopic (exact) mass is 544 g/mol. The molecular formula is C23H19F7N6O2. The summed E-state index contributed by atoms with van der Waals surface area (Å²) in [6.45, 7) is 0. The average molecular weight is 544 g/mol. The second-order valence-corrected chi connectivity index (χ2v) is 7.64. The molecule has 0 atom stereocenters. The number of hydrazine groups is 1. The minimum absolute atomic E-state index is 0.0260. The lowest BCUT2D eigenvalue weighted by atomic mass is 9.98. The van der Waals surface area contributed by atoms with E-state index in [4.69, 9.17) is 15.9 Å². The van der Waals surface area contributed by atoms with Gasteiger partial charge in [0.2, 0.25) is 0 Å². The maximum Gasteiger partial charge on any atom is 0.420 e. The number of nitrogens with two attached hydrogens (primary N) is 1. The van der Waals surface area contributed by atoms with Crippen molar-refractivity contribution >= 4 is 23.6 Å². The number of carbonyl (C=O) groups is 1. The number of hydrogen-bond donors (Lipinski definition) is 5. The van der Waals surface area contributed by atoms with Gasteiger partial charge in [-0.05, 0) is 48.6 Å². The van der Waals surface area contributed by atoms with E-state index in [1.807, 2.05) is 0 Å².